The third kappa shape index (κ3) is 5.31. The minimum Gasteiger partial charge on any atom is -0.381 e. The molecule has 3 rings (SSSR count). The van der Waals surface area contributed by atoms with Crippen LogP contribution in [0.25, 0.3) is 0 Å². The maximum absolute atomic E-state index is 12.5. The van der Waals surface area contributed by atoms with E-state index < -0.39 is 10.0 Å². The van der Waals surface area contributed by atoms with Crippen molar-refractivity contribution in [2.24, 2.45) is 0 Å². The van der Waals surface area contributed by atoms with Crippen LogP contribution in [0, 0.1) is 6.92 Å². The third-order valence-corrected chi connectivity index (χ3v) is 7.26. The maximum Gasteiger partial charge on any atom is 0.241 e. The average Bonchev–Trinajstić information content (AvgIpc) is 2.72. The molecule has 7 nitrogen and oxygen atoms in total. The van der Waals surface area contributed by atoms with Crippen LogP contribution in [0.1, 0.15) is 31.2 Å². The van der Waals surface area contributed by atoms with Crippen LogP contribution in [0.2, 0.25) is 0 Å². The van der Waals surface area contributed by atoms with Gasteiger partial charge in [-0.15, -0.1) is 0 Å². The van der Waals surface area contributed by atoms with Gasteiger partial charge in [0.05, 0.1) is 17.5 Å². The van der Waals surface area contributed by atoms with Gasteiger partial charge in [0.1, 0.15) is 0 Å². The molecule has 1 amide bonds. The summed E-state index contributed by atoms with van der Waals surface area (Å²) >= 11 is 0. The van der Waals surface area contributed by atoms with E-state index in [2.05, 4.69) is 9.62 Å². The van der Waals surface area contributed by atoms with Crippen LogP contribution in [0.4, 0.5) is 0 Å². The molecule has 0 aromatic heterocycles. The van der Waals surface area contributed by atoms with E-state index in [4.69, 9.17) is 4.74 Å². The van der Waals surface area contributed by atoms with Crippen molar-refractivity contribution in [1.82, 2.24) is 14.5 Å². The second-order valence-corrected chi connectivity index (χ2v) is 9.49. The molecule has 2 aliphatic heterocycles. The Bertz CT molecular complexity index is 767. The third-order valence-electron chi connectivity index (χ3n) is 5.86. The summed E-state index contributed by atoms with van der Waals surface area (Å²) in [6.45, 7) is 5.10. The fraction of sp³-hybridized carbons (Fsp3) is 0.650. The Balaban J connectivity index is 1.45. The van der Waals surface area contributed by atoms with Crippen molar-refractivity contribution in [3.05, 3.63) is 29.8 Å². The number of rotatable bonds is 6. The first-order valence-electron chi connectivity index (χ1n) is 10.00. The molecule has 0 spiro atoms. The highest BCUT2D eigenvalue weighted by molar-refractivity contribution is 7.89. The van der Waals surface area contributed by atoms with Gasteiger partial charge in [0.25, 0.3) is 0 Å². The number of methoxy groups -OCH3 is 1. The van der Waals surface area contributed by atoms with Crippen molar-refractivity contribution < 1.29 is 17.9 Å². The van der Waals surface area contributed by atoms with E-state index in [-0.39, 0.29) is 17.3 Å². The molecular formula is C20H31N3O4S. The van der Waals surface area contributed by atoms with Gasteiger partial charge in [-0.2, -0.15) is 0 Å². The quantitative estimate of drug-likeness (QED) is 0.768. The van der Waals surface area contributed by atoms with Crippen LogP contribution in [-0.4, -0.2) is 76.1 Å². The van der Waals surface area contributed by atoms with Crippen molar-refractivity contribution >= 4 is 15.9 Å². The van der Waals surface area contributed by atoms with E-state index in [1.165, 1.54) is 6.07 Å². The van der Waals surface area contributed by atoms with Crippen LogP contribution in [0.15, 0.2) is 29.2 Å². The minimum absolute atomic E-state index is 0.159. The summed E-state index contributed by atoms with van der Waals surface area (Å²) < 4.78 is 32.6. The monoisotopic (exact) mass is 409 g/mol. The lowest BCUT2D eigenvalue weighted by molar-refractivity contribution is -0.131. The Kier molecular flexibility index (Phi) is 7.09. The summed E-state index contributed by atoms with van der Waals surface area (Å²) in [4.78, 5) is 17.0. The topological polar surface area (TPSA) is 79.0 Å². The molecular weight excluding hydrogens is 378 g/mol. The summed E-state index contributed by atoms with van der Waals surface area (Å²) in [7, 11) is -1.89. The number of carbonyl (C=O) groups is 1. The molecule has 0 bridgehead atoms. The highest BCUT2D eigenvalue weighted by Gasteiger charge is 2.30. The normalized spacial score (nSPS) is 20.4. The summed E-state index contributed by atoms with van der Waals surface area (Å²) in [5, 5.41) is 0. The van der Waals surface area contributed by atoms with Crippen molar-refractivity contribution in [2.45, 2.75) is 49.6 Å². The molecule has 1 aromatic rings. The van der Waals surface area contributed by atoms with Gasteiger partial charge in [-0.05, 0) is 50.3 Å². The molecule has 1 aromatic carbocycles. The van der Waals surface area contributed by atoms with Crippen LogP contribution in [0.5, 0.6) is 0 Å². The Labute approximate surface area is 168 Å². The van der Waals surface area contributed by atoms with E-state index in [1.807, 2.05) is 13.0 Å². The van der Waals surface area contributed by atoms with Gasteiger partial charge in [0.15, 0.2) is 0 Å². The zero-order chi connectivity index (χ0) is 20.1. The molecule has 8 heteroatoms. The number of nitrogens with zero attached hydrogens (tertiary/aromatic N) is 2. The van der Waals surface area contributed by atoms with Gasteiger partial charge < -0.3 is 14.5 Å². The molecule has 2 aliphatic rings. The zero-order valence-corrected chi connectivity index (χ0v) is 17.6. The molecule has 2 fully saturated rings. The summed E-state index contributed by atoms with van der Waals surface area (Å²) in [6, 6.07) is 7.19. The maximum atomic E-state index is 12.5. The molecule has 156 valence electrons. The first-order chi connectivity index (χ1) is 13.4. The second-order valence-electron chi connectivity index (χ2n) is 7.72. The SMILES string of the molecule is COC1CCN(C2CCN(C(=O)CNS(=O)(=O)c3cccc(C)c3)CC2)CC1. The minimum atomic E-state index is -3.67. The fourth-order valence-electron chi connectivity index (χ4n) is 4.09. The molecule has 2 heterocycles. The number of ether oxygens (including phenoxy) is 1. The summed E-state index contributed by atoms with van der Waals surface area (Å²) in [5.41, 5.74) is 0.866. The number of carbonyl (C=O) groups excluding carboxylic acids is 1. The van der Waals surface area contributed by atoms with Crippen LogP contribution in [0.3, 0.4) is 0 Å². The van der Waals surface area contributed by atoms with Crippen LogP contribution in [-0.2, 0) is 19.6 Å². The Hall–Kier alpha value is -1.48. The number of piperidine rings is 2. The van der Waals surface area contributed by atoms with E-state index >= 15 is 0 Å². The van der Waals surface area contributed by atoms with Gasteiger partial charge in [-0.25, -0.2) is 13.1 Å². The number of hydrogen-bond donors (Lipinski definition) is 1. The van der Waals surface area contributed by atoms with Crippen LogP contribution < -0.4 is 4.72 Å². The number of likely N-dealkylation sites (tertiary alicyclic amines) is 2. The highest BCUT2D eigenvalue weighted by Crippen LogP contribution is 2.22. The Morgan fingerprint density at radius 1 is 1.14 bits per heavy atom. The Morgan fingerprint density at radius 3 is 2.43 bits per heavy atom. The number of hydrogen-bond acceptors (Lipinski definition) is 5. The number of benzene rings is 1. The van der Waals surface area contributed by atoms with Gasteiger partial charge in [-0.1, -0.05) is 12.1 Å². The molecule has 2 saturated heterocycles. The first kappa shape index (κ1) is 21.2. The van der Waals surface area contributed by atoms with Crippen molar-refractivity contribution in [3.8, 4) is 0 Å². The van der Waals surface area contributed by atoms with Crippen molar-refractivity contribution in [3.63, 3.8) is 0 Å². The lowest BCUT2D eigenvalue weighted by Gasteiger charge is -2.41. The molecule has 0 radical (unpaired) electrons. The lowest BCUT2D eigenvalue weighted by atomic mass is 9.99. The molecule has 0 aliphatic carbocycles. The Morgan fingerprint density at radius 2 is 1.82 bits per heavy atom. The smallest absolute Gasteiger partial charge is 0.241 e. The second kappa shape index (κ2) is 9.35. The predicted octanol–water partition coefficient (Wildman–Crippen LogP) is 1.38. The largest absolute Gasteiger partial charge is 0.381 e. The zero-order valence-electron chi connectivity index (χ0n) is 16.8. The predicted molar refractivity (Wildman–Crippen MR) is 108 cm³/mol. The molecule has 28 heavy (non-hydrogen) atoms. The first-order valence-corrected chi connectivity index (χ1v) is 11.5. The molecule has 0 saturated carbocycles. The van der Waals surface area contributed by atoms with Gasteiger partial charge in [0.2, 0.25) is 15.9 Å². The summed E-state index contributed by atoms with van der Waals surface area (Å²) in [6.07, 6.45) is 4.38. The van der Waals surface area contributed by atoms with E-state index in [0.717, 1.165) is 44.3 Å². The van der Waals surface area contributed by atoms with Gasteiger partial charge in [0, 0.05) is 39.3 Å². The van der Waals surface area contributed by atoms with E-state index in [0.29, 0.717) is 25.2 Å². The number of nitrogens with one attached hydrogen (secondary N) is 1. The molecule has 0 unspecified atom stereocenters. The van der Waals surface area contributed by atoms with Crippen molar-refractivity contribution in [2.75, 3.05) is 39.8 Å². The summed E-state index contributed by atoms with van der Waals surface area (Å²) in [5.74, 6) is -0.159. The number of aryl methyl sites for hydroxylation is 1. The number of amides is 1. The van der Waals surface area contributed by atoms with Crippen molar-refractivity contribution in [1.29, 1.82) is 0 Å². The van der Waals surface area contributed by atoms with Gasteiger partial charge in [-0.3, -0.25) is 4.79 Å². The van der Waals surface area contributed by atoms with E-state index in [1.54, 1.807) is 24.1 Å². The number of sulfonamides is 1. The fourth-order valence-corrected chi connectivity index (χ4v) is 5.17. The lowest BCUT2D eigenvalue weighted by Crippen LogP contribution is -2.51. The standard InChI is InChI=1S/C20H31N3O4S/c1-16-4-3-5-19(14-16)28(25,26)21-15-20(24)23-10-6-17(7-11-23)22-12-8-18(27-2)9-13-22/h3-5,14,17-18,21H,6-13,15H2,1-2H3. The van der Waals surface area contributed by atoms with E-state index in [9.17, 15) is 13.2 Å². The van der Waals surface area contributed by atoms with Crippen LogP contribution >= 0.6 is 0 Å². The molecule has 0 atom stereocenters. The molecule has 1 N–H and O–H groups in total. The van der Waals surface area contributed by atoms with Gasteiger partial charge >= 0.3 is 0 Å². The highest BCUT2D eigenvalue weighted by atomic mass is 32.2. The average molecular weight is 410 g/mol.